The minimum absolute atomic E-state index is 0.187. The molecule has 1 heterocycles. The van der Waals surface area contributed by atoms with Crippen LogP contribution >= 0.6 is 11.6 Å². The van der Waals surface area contributed by atoms with Gasteiger partial charge in [0.25, 0.3) is 5.91 Å². The van der Waals surface area contributed by atoms with Crippen molar-refractivity contribution in [3.63, 3.8) is 0 Å². The van der Waals surface area contributed by atoms with Crippen LogP contribution in [0.1, 0.15) is 23.7 Å². The highest BCUT2D eigenvalue weighted by Gasteiger charge is 2.09. The van der Waals surface area contributed by atoms with Crippen LogP contribution in [0.15, 0.2) is 18.3 Å². The zero-order valence-corrected chi connectivity index (χ0v) is 9.16. The van der Waals surface area contributed by atoms with Crippen LogP contribution in [0.4, 0.5) is 0 Å². The van der Waals surface area contributed by atoms with Gasteiger partial charge in [-0.3, -0.25) is 4.79 Å². The molecule has 0 saturated heterocycles. The molecule has 0 spiro atoms. The van der Waals surface area contributed by atoms with Crippen molar-refractivity contribution in [3.05, 3.63) is 29.0 Å². The summed E-state index contributed by atoms with van der Waals surface area (Å²) in [5.74, 6) is -0.270. The van der Waals surface area contributed by atoms with E-state index in [0.29, 0.717) is 18.5 Å². The number of aromatic nitrogens is 1. The molecule has 0 unspecified atom stereocenters. The molecule has 15 heavy (non-hydrogen) atoms. The number of carbonyl (C=O) groups excluding carboxylic acids is 1. The lowest BCUT2D eigenvalue weighted by molar-refractivity contribution is 0.0945. The maximum Gasteiger partial charge on any atom is 0.254 e. The van der Waals surface area contributed by atoms with Gasteiger partial charge in [0.05, 0.1) is 11.7 Å². The van der Waals surface area contributed by atoms with Crippen LogP contribution in [0, 0.1) is 0 Å². The number of nitrogens with one attached hydrogen (secondary N) is 1. The Morgan fingerprint density at radius 1 is 1.73 bits per heavy atom. The van der Waals surface area contributed by atoms with Gasteiger partial charge in [-0.25, -0.2) is 4.98 Å². The molecule has 1 aromatic heterocycles. The molecular formula is C10H13ClN2O2. The Morgan fingerprint density at radius 3 is 3.07 bits per heavy atom. The first-order valence-corrected chi connectivity index (χ1v) is 5.06. The first-order chi connectivity index (χ1) is 7.11. The lowest BCUT2D eigenvalue weighted by Crippen LogP contribution is -2.26. The Balaban J connectivity index is 2.51. The molecule has 0 aliphatic heterocycles. The smallest absolute Gasteiger partial charge is 0.254 e. The van der Waals surface area contributed by atoms with Crippen LogP contribution in [0.2, 0.25) is 5.15 Å². The van der Waals surface area contributed by atoms with Crippen molar-refractivity contribution in [3.8, 4) is 0 Å². The van der Waals surface area contributed by atoms with E-state index in [1.807, 2.05) is 0 Å². The van der Waals surface area contributed by atoms with Crippen LogP contribution in [-0.2, 0) is 0 Å². The summed E-state index contributed by atoms with van der Waals surface area (Å²) in [4.78, 5) is 15.3. The molecule has 2 N–H and O–H groups in total. The lowest BCUT2D eigenvalue weighted by Gasteiger charge is -2.07. The zero-order valence-electron chi connectivity index (χ0n) is 8.40. The normalized spacial score (nSPS) is 12.2. The van der Waals surface area contributed by atoms with Crippen molar-refractivity contribution in [2.45, 2.75) is 19.4 Å². The van der Waals surface area contributed by atoms with Crippen molar-refractivity contribution in [1.29, 1.82) is 0 Å². The summed E-state index contributed by atoms with van der Waals surface area (Å²) in [5, 5.41) is 11.8. The minimum Gasteiger partial charge on any atom is -0.393 e. The van der Waals surface area contributed by atoms with E-state index in [1.165, 1.54) is 6.20 Å². The highest BCUT2D eigenvalue weighted by Crippen LogP contribution is 2.10. The van der Waals surface area contributed by atoms with Gasteiger partial charge in [-0.2, -0.15) is 0 Å². The van der Waals surface area contributed by atoms with E-state index >= 15 is 0 Å². The average molecular weight is 229 g/mol. The molecule has 0 aromatic carbocycles. The summed E-state index contributed by atoms with van der Waals surface area (Å²) >= 11 is 5.74. The van der Waals surface area contributed by atoms with Gasteiger partial charge in [-0.05, 0) is 25.5 Å². The van der Waals surface area contributed by atoms with Crippen molar-refractivity contribution < 1.29 is 9.90 Å². The molecule has 0 fully saturated rings. The molecule has 1 rings (SSSR count). The Bertz CT molecular complexity index is 342. The second-order valence-electron chi connectivity index (χ2n) is 3.24. The quantitative estimate of drug-likeness (QED) is 0.763. The molecule has 4 nitrogen and oxygen atoms in total. The van der Waals surface area contributed by atoms with E-state index in [1.54, 1.807) is 19.1 Å². The highest BCUT2D eigenvalue weighted by molar-refractivity contribution is 6.32. The molecule has 1 atom stereocenters. The Labute approximate surface area is 93.3 Å². The number of aliphatic hydroxyl groups is 1. The van der Waals surface area contributed by atoms with Crippen molar-refractivity contribution in [2.24, 2.45) is 0 Å². The maximum absolute atomic E-state index is 11.5. The highest BCUT2D eigenvalue weighted by atomic mass is 35.5. The molecule has 0 aliphatic rings. The predicted molar refractivity (Wildman–Crippen MR) is 57.9 cm³/mol. The molecule has 5 heteroatoms. The number of hydrogen-bond donors (Lipinski definition) is 2. The van der Waals surface area contributed by atoms with Gasteiger partial charge in [0, 0.05) is 12.7 Å². The minimum atomic E-state index is -0.422. The van der Waals surface area contributed by atoms with E-state index < -0.39 is 6.10 Å². The van der Waals surface area contributed by atoms with Crippen molar-refractivity contribution >= 4 is 17.5 Å². The van der Waals surface area contributed by atoms with Gasteiger partial charge in [0.15, 0.2) is 0 Å². The summed E-state index contributed by atoms with van der Waals surface area (Å²) < 4.78 is 0. The van der Waals surface area contributed by atoms with E-state index in [9.17, 15) is 4.79 Å². The summed E-state index contributed by atoms with van der Waals surface area (Å²) in [6, 6.07) is 3.25. The number of carbonyl (C=O) groups is 1. The molecule has 0 radical (unpaired) electrons. The van der Waals surface area contributed by atoms with Gasteiger partial charge in [-0.15, -0.1) is 0 Å². The monoisotopic (exact) mass is 228 g/mol. The Morgan fingerprint density at radius 2 is 2.47 bits per heavy atom. The van der Waals surface area contributed by atoms with Crippen molar-refractivity contribution in [2.75, 3.05) is 6.54 Å². The van der Waals surface area contributed by atoms with Crippen LogP contribution in [0.3, 0.4) is 0 Å². The third kappa shape index (κ3) is 3.85. The molecule has 0 saturated carbocycles. The first-order valence-electron chi connectivity index (χ1n) is 4.68. The second-order valence-corrected chi connectivity index (χ2v) is 3.59. The lowest BCUT2D eigenvalue weighted by atomic mass is 10.2. The molecule has 0 aliphatic carbocycles. The second kappa shape index (κ2) is 5.68. The predicted octanol–water partition coefficient (Wildman–Crippen LogP) is 1.24. The summed E-state index contributed by atoms with van der Waals surface area (Å²) in [7, 11) is 0. The topological polar surface area (TPSA) is 62.2 Å². The summed E-state index contributed by atoms with van der Waals surface area (Å²) in [5.41, 5.74) is 0.352. The van der Waals surface area contributed by atoms with Gasteiger partial charge >= 0.3 is 0 Å². The number of nitrogens with zero attached hydrogens (tertiary/aromatic N) is 1. The summed E-state index contributed by atoms with van der Waals surface area (Å²) in [6.07, 6.45) is 1.62. The number of pyridine rings is 1. The van der Waals surface area contributed by atoms with E-state index in [0.717, 1.165) is 0 Å². The largest absolute Gasteiger partial charge is 0.393 e. The number of aliphatic hydroxyl groups excluding tert-OH is 1. The number of hydrogen-bond acceptors (Lipinski definition) is 3. The number of rotatable bonds is 4. The fourth-order valence-electron chi connectivity index (χ4n) is 1.05. The average Bonchev–Trinajstić information content (AvgIpc) is 2.17. The first kappa shape index (κ1) is 11.9. The van der Waals surface area contributed by atoms with E-state index in [4.69, 9.17) is 16.7 Å². The van der Waals surface area contributed by atoms with Crippen LogP contribution < -0.4 is 5.32 Å². The van der Waals surface area contributed by atoms with Gasteiger partial charge < -0.3 is 10.4 Å². The maximum atomic E-state index is 11.5. The fourth-order valence-corrected chi connectivity index (χ4v) is 1.25. The molecule has 82 valence electrons. The SMILES string of the molecule is C[C@@H](O)CCNC(=O)c1cccnc1Cl. The van der Waals surface area contributed by atoms with Crippen LogP contribution in [0.5, 0.6) is 0 Å². The molecule has 1 amide bonds. The Hall–Kier alpha value is -1.13. The molecule has 1 aromatic rings. The zero-order chi connectivity index (χ0) is 11.3. The van der Waals surface area contributed by atoms with Gasteiger partial charge in [0.2, 0.25) is 0 Å². The van der Waals surface area contributed by atoms with Crippen molar-refractivity contribution in [1.82, 2.24) is 10.3 Å². The fraction of sp³-hybridized carbons (Fsp3) is 0.400. The third-order valence-electron chi connectivity index (χ3n) is 1.85. The summed E-state index contributed by atoms with van der Waals surface area (Å²) in [6.45, 7) is 2.09. The number of amides is 1. The molecule has 0 bridgehead atoms. The van der Waals surface area contributed by atoms with Crippen LogP contribution in [0.25, 0.3) is 0 Å². The third-order valence-corrected chi connectivity index (χ3v) is 2.15. The molecular weight excluding hydrogens is 216 g/mol. The van der Waals surface area contributed by atoms with Gasteiger partial charge in [0.1, 0.15) is 5.15 Å². The number of halogens is 1. The van der Waals surface area contributed by atoms with Gasteiger partial charge in [-0.1, -0.05) is 11.6 Å². The van der Waals surface area contributed by atoms with E-state index in [-0.39, 0.29) is 11.1 Å². The Kier molecular flexibility index (Phi) is 4.52. The van der Waals surface area contributed by atoms with Crippen LogP contribution in [-0.4, -0.2) is 28.6 Å². The standard InChI is InChI=1S/C10H13ClN2O2/c1-7(14)4-6-13-10(15)8-3-2-5-12-9(8)11/h2-3,5,7,14H,4,6H2,1H3,(H,13,15)/t7-/m1/s1. The van der Waals surface area contributed by atoms with E-state index in [2.05, 4.69) is 10.3 Å².